The zero-order valence-corrected chi connectivity index (χ0v) is 32.9. The van der Waals surface area contributed by atoms with E-state index >= 15 is 0 Å². The number of para-hydroxylation sites is 1. The molecule has 11 rings (SSSR count). The van der Waals surface area contributed by atoms with Gasteiger partial charge >= 0.3 is 0 Å². The summed E-state index contributed by atoms with van der Waals surface area (Å²) >= 11 is 1.87. The van der Waals surface area contributed by atoms with Gasteiger partial charge in [0.25, 0.3) is 0 Å². The molecule has 1 aromatic heterocycles. The molecule has 9 aromatic rings. The molecule has 0 saturated carbocycles. The highest BCUT2D eigenvalue weighted by atomic mass is 32.1. The molecule has 0 fully saturated rings. The smallest absolute Gasteiger partial charge is 0.0543 e. The third-order valence-corrected chi connectivity index (χ3v) is 13.9. The number of thiophene rings is 1. The van der Waals surface area contributed by atoms with Crippen molar-refractivity contribution >= 4 is 48.6 Å². The van der Waals surface area contributed by atoms with Gasteiger partial charge in [-0.25, -0.2) is 0 Å². The van der Waals surface area contributed by atoms with Crippen molar-refractivity contribution in [1.82, 2.24) is 0 Å². The molecule has 0 unspecified atom stereocenters. The second kappa shape index (κ2) is 12.1. The molecule has 0 bridgehead atoms. The van der Waals surface area contributed by atoms with Crippen LogP contribution >= 0.6 is 11.3 Å². The van der Waals surface area contributed by atoms with Crippen LogP contribution in [0.3, 0.4) is 0 Å². The van der Waals surface area contributed by atoms with E-state index in [1.54, 1.807) is 0 Å². The van der Waals surface area contributed by atoms with Gasteiger partial charge in [-0.3, -0.25) is 0 Å². The Kier molecular flexibility index (Phi) is 7.18. The average Bonchev–Trinajstić information content (AvgIpc) is 3.81. The van der Waals surface area contributed by atoms with Gasteiger partial charge in [-0.15, -0.1) is 11.3 Å². The van der Waals surface area contributed by atoms with Gasteiger partial charge in [0.05, 0.1) is 11.4 Å². The summed E-state index contributed by atoms with van der Waals surface area (Å²) in [7, 11) is 0. The first-order chi connectivity index (χ1) is 27.3. The fourth-order valence-corrected chi connectivity index (χ4v) is 10.9. The third kappa shape index (κ3) is 4.79. The summed E-state index contributed by atoms with van der Waals surface area (Å²) < 4.78 is 2.66. The van der Waals surface area contributed by atoms with Gasteiger partial charge in [-0.1, -0.05) is 155 Å². The van der Waals surface area contributed by atoms with E-state index in [1.807, 2.05) is 11.3 Å². The molecule has 2 aliphatic rings. The van der Waals surface area contributed by atoms with Crippen LogP contribution in [0, 0.1) is 0 Å². The van der Waals surface area contributed by atoms with Gasteiger partial charge < -0.3 is 4.90 Å². The SMILES string of the molecule is CC1(C)c2ccccc2-c2ccc(-c3ccccc3N(c3ccc(-c4ccc5sc6ccccc6c5c4)cc3)c3cccc4c3-c3ccccc3C4(C)C)cc21. The van der Waals surface area contributed by atoms with E-state index < -0.39 is 0 Å². The van der Waals surface area contributed by atoms with Crippen LogP contribution in [0.15, 0.2) is 176 Å². The van der Waals surface area contributed by atoms with Crippen LogP contribution in [0.1, 0.15) is 49.9 Å². The van der Waals surface area contributed by atoms with E-state index in [9.17, 15) is 0 Å². The molecule has 0 saturated heterocycles. The summed E-state index contributed by atoms with van der Waals surface area (Å²) in [5.74, 6) is 0. The lowest BCUT2D eigenvalue weighted by molar-refractivity contribution is 0.660. The van der Waals surface area contributed by atoms with Crippen LogP contribution in [0.4, 0.5) is 17.1 Å². The van der Waals surface area contributed by atoms with Crippen molar-refractivity contribution in [2.75, 3.05) is 4.90 Å². The Hall–Kier alpha value is -6.22. The Bertz CT molecular complexity index is 3030. The molecule has 2 heteroatoms. The first-order valence-corrected chi connectivity index (χ1v) is 20.5. The fraction of sp³-hybridized carbons (Fsp3) is 0.111. The molecule has 0 amide bonds. The van der Waals surface area contributed by atoms with E-state index in [2.05, 4.69) is 209 Å². The van der Waals surface area contributed by atoms with Gasteiger partial charge in [0.15, 0.2) is 0 Å². The zero-order valence-electron chi connectivity index (χ0n) is 32.1. The van der Waals surface area contributed by atoms with Crippen molar-refractivity contribution in [3.8, 4) is 44.5 Å². The van der Waals surface area contributed by atoms with E-state index in [-0.39, 0.29) is 10.8 Å². The minimum absolute atomic E-state index is 0.0831. The number of rotatable bonds is 5. The number of anilines is 3. The van der Waals surface area contributed by atoms with E-state index in [1.165, 1.54) is 92.6 Å². The van der Waals surface area contributed by atoms with Gasteiger partial charge in [0, 0.05) is 47.8 Å². The maximum absolute atomic E-state index is 2.51. The molecule has 2 aliphatic carbocycles. The van der Waals surface area contributed by atoms with E-state index in [4.69, 9.17) is 0 Å². The monoisotopic (exact) mass is 735 g/mol. The summed E-state index contributed by atoms with van der Waals surface area (Å²) in [5.41, 5.74) is 19.0. The predicted molar refractivity (Wildman–Crippen MR) is 240 cm³/mol. The highest BCUT2D eigenvalue weighted by Crippen LogP contribution is 2.56. The quantitative estimate of drug-likeness (QED) is 0.170. The Morgan fingerprint density at radius 1 is 0.375 bits per heavy atom. The fourth-order valence-electron chi connectivity index (χ4n) is 9.82. The van der Waals surface area contributed by atoms with Crippen LogP contribution in [0.25, 0.3) is 64.7 Å². The molecule has 56 heavy (non-hydrogen) atoms. The summed E-state index contributed by atoms with van der Waals surface area (Å²) in [6.45, 7) is 9.47. The summed E-state index contributed by atoms with van der Waals surface area (Å²) in [6.07, 6.45) is 0. The molecule has 0 atom stereocenters. The molecular weight excluding hydrogens is 695 g/mol. The molecule has 1 nitrogen and oxygen atoms in total. The zero-order chi connectivity index (χ0) is 37.8. The van der Waals surface area contributed by atoms with Gasteiger partial charge in [-0.05, 0) is 104 Å². The number of nitrogens with zero attached hydrogens (tertiary/aromatic N) is 1. The molecule has 8 aromatic carbocycles. The lowest BCUT2D eigenvalue weighted by Crippen LogP contribution is -2.16. The van der Waals surface area contributed by atoms with Crippen LogP contribution in [-0.2, 0) is 10.8 Å². The first-order valence-electron chi connectivity index (χ1n) is 19.7. The van der Waals surface area contributed by atoms with Crippen molar-refractivity contribution in [2.45, 2.75) is 38.5 Å². The highest BCUT2D eigenvalue weighted by molar-refractivity contribution is 7.25. The van der Waals surface area contributed by atoms with E-state index in [0.717, 1.165) is 11.4 Å². The normalized spacial score (nSPS) is 14.4. The Morgan fingerprint density at radius 2 is 0.946 bits per heavy atom. The second-order valence-corrected chi connectivity index (χ2v) is 17.6. The van der Waals surface area contributed by atoms with Crippen LogP contribution in [0.5, 0.6) is 0 Å². The molecule has 0 aliphatic heterocycles. The minimum Gasteiger partial charge on any atom is -0.309 e. The average molecular weight is 736 g/mol. The maximum Gasteiger partial charge on any atom is 0.0543 e. The van der Waals surface area contributed by atoms with E-state index in [0.29, 0.717) is 0 Å². The predicted octanol–water partition coefficient (Wildman–Crippen LogP) is 15.5. The highest BCUT2D eigenvalue weighted by Gasteiger charge is 2.38. The van der Waals surface area contributed by atoms with Gasteiger partial charge in [0.2, 0.25) is 0 Å². The number of hydrogen-bond acceptors (Lipinski definition) is 2. The Labute approximate surface area is 333 Å². The molecule has 0 radical (unpaired) electrons. The number of fused-ring (bicyclic) bond motifs is 9. The van der Waals surface area contributed by atoms with Crippen molar-refractivity contribution < 1.29 is 0 Å². The van der Waals surface area contributed by atoms with Crippen molar-refractivity contribution in [2.24, 2.45) is 0 Å². The van der Waals surface area contributed by atoms with Crippen LogP contribution < -0.4 is 4.90 Å². The van der Waals surface area contributed by atoms with Gasteiger partial charge in [0.1, 0.15) is 0 Å². The lowest BCUT2D eigenvalue weighted by Gasteiger charge is -2.31. The molecular formula is C54H41NS. The largest absolute Gasteiger partial charge is 0.309 e. The summed E-state index contributed by atoms with van der Waals surface area (Å²) in [4.78, 5) is 2.51. The number of hydrogen-bond donors (Lipinski definition) is 0. The second-order valence-electron chi connectivity index (χ2n) is 16.5. The van der Waals surface area contributed by atoms with Crippen LogP contribution in [-0.4, -0.2) is 0 Å². The summed E-state index contributed by atoms with van der Waals surface area (Å²) in [5, 5.41) is 2.65. The van der Waals surface area contributed by atoms with Crippen LogP contribution in [0.2, 0.25) is 0 Å². The molecule has 1 heterocycles. The lowest BCUT2D eigenvalue weighted by atomic mass is 9.81. The summed E-state index contributed by atoms with van der Waals surface area (Å²) in [6, 6.07) is 65.8. The molecule has 0 N–H and O–H groups in total. The molecule has 0 spiro atoms. The Morgan fingerprint density at radius 3 is 1.77 bits per heavy atom. The van der Waals surface area contributed by atoms with Crippen molar-refractivity contribution in [1.29, 1.82) is 0 Å². The standard InChI is InChI=1S/C54H41NS/c1-53(2)45-19-10-6-17-42(45)52-46(53)20-13-22-49(52)55(37-28-24-34(25-29-37)35-27-31-51-43(32-35)41-16-8-12-23-50(41)56-51)48-21-11-7-14-38(48)36-26-30-40-39-15-5-9-18-44(39)54(3,4)47(40)33-36/h5-33H,1-4H3. The Balaban J connectivity index is 1.10. The first kappa shape index (κ1) is 33.1. The third-order valence-electron chi connectivity index (χ3n) is 12.7. The van der Waals surface area contributed by atoms with Crippen molar-refractivity contribution in [3.63, 3.8) is 0 Å². The van der Waals surface area contributed by atoms with Gasteiger partial charge in [-0.2, -0.15) is 0 Å². The maximum atomic E-state index is 2.51. The van der Waals surface area contributed by atoms with Crippen molar-refractivity contribution in [3.05, 3.63) is 198 Å². The minimum atomic E-state index is -0.109. The number of benzene rings is 8. The topological polar surface area (TPSA) is 3.24 Å². The molecule has 268 valence electrons.